The Bertz CT molecular complexity index is 750. The van der Waals surface area contributed by atoms with Gasteiger partial charge in [-0.15, -0.1) is 0 Å². The number of nitrogens with zero attached hydrogens (tertiary/aromatic N) is 1. The summed E-state index contributed by atoms with van der Waals surface area (Å²) in [5, 5.41) is 4.96. The smallest absolute Gasteiger partial charge is 0.179 e. The number of hydrogen-bond acceptors (Lipinski definition) is 4. The Labute approximate surface area is 143 Å². The maximum Gasteiger partial charge on any atom is 0.179 e. The normalized spacial score (nSPS) is 13.7. The van der Waals surface area contributed by atoms with Crippen LogP contribution >= 0.6 is 23.2 Å². The summed E-state index contributed by atoms with van der Waals surface area (Å²) in [5.74, 6) is 1.41. The van der Waals surface area contributed by atoms with Gasteiger partial charge in [-0.05, 0) is 29.8 Å². The molecule has 0 saturated carbocycles. The number of ether oxygens (including phenoxy) is 2. The molecule has 2 aromatic carbocycles. The van der Waals surface area contributed by atoms with Crippen LogP contribution in [0.1, 0.15) is 11.1 Å². The molecule has 7 heteroatoms. The molecule has 0 fully saturated rings. The average molecular weight is 353 g/mol. The minimum absolute atomic E-state index is 0.206. The molecule has 0 atom stereocenters. The first kappa shape index (κ1) is 15.8. The number of fused-ring (bicyclic) bond motifs is 1. The maximum absolute atomic E-state index is 6.17. The zero-order valence-corrected chi connectivity index (χ0v) is 13.6. The largest absolute Gasteiger partial charge is 0.486 e. The zero-order valence-electron chi connectivity index (χ0n) is 12.1. The van der Waals surface area contributed by atoms with Crippen molar-refractivity contribution in [2.45, 2.75) is 6.61 Å². The molecule has 2 N–H and O–H groups in total. The molecular weight excluding hydrogens is 339 g/mol. The van der Waals surface area contributed by atoms with Crippen molar-refractivity contribution in [3.8, 4) is 11.5 Å². The lowest BCUT2D eigenvalue weighted by molar-refractivity contribution is 0.129. The first-order valence-corrected chi connectivity index (χ1v) is 7.68. The Morgan fingerprint density at radius 2 is 2.00 bits per heavy atom. The third-order valence-corrected chi connectivity index (χ3v) is 3.69. The molecule has 0 bridgehead atoms. The van der Waals surface area contributed by atoms with E-state index in [0.29, 0.717) is 40.3 Å². The van der Waals surface area contributed by atoms with Gasteiger partial charge in [-0.25, -0.2) is 0 Å². The van der Waals surface area contributed by atoms with E-state index in [0.717, 1.165) is 5.56 Å². The Hall–Kier alpha value is -2.11. The summed E-state index contributed by atoms with van der Waals surface area (Å²) in [6, 6.07) is 10.6. The van der Waals surface area contributed by atoms with Crippen LogP contribution in [0.3, 0.4) is 0 Å². The molecule has 23 heavy (non-hydrogen) atoms. The van der Waals surface area contributed by atoms with Gasteiger partial charge in [-0.1, -0.05) is 40.5 Å². The lowest BCUT2D eigenvalue weighted by Gasteiger charge is -2.20. The van der Waals surface area contributed by atoms with Gasteiger partial charge in [-0.2, -0.15) is 0 Å². The predicted molar refractivity (Wildman–Crippen MR) is 89.4 cm³/mol. The zero-order chi connectivity index (χ0) is 16.2. The lowest BCUT2D eigenvalue weighted by Crippen LogP contribution is -2.16. The lowest BCUT2D eigenvalue weighted by atomic mass is 10.2. The van der Waals surface area contributed by atoms with Crippen molar-refractivity contribution in [1.82, 2.24) is 0 Å². The Kier molecular flexibility index (Phi) is 4.79. The van der Waals surface area contributed by atoms with Crippen LogP contribution in [0.15, 0.2) is 41.6 Å². The van der Waals surface area contributed by atoms with E-state index < -0.39 is 0 Å². The van der Waals surface area contributed by atoms with Gasteiger partial charge < -0.3 is 20.0 Å². The van der Waals surface area contributed by atoms with Gasteiger partial charge in [0.15, 0.2) is 17.3 Å². The summed E-state index contributed by atoms with van der Waals surface area (Å²) in [4.78, 5) is 5.29. The summed E-state index contributed by atoms with van der Waals surface area (Å²) < 4.78 is 11.0. The standard InChI is InChI=1S/C16H14Cl2N2O3/c17-12-3-1-2-11(8-12)16(19)20-23-9-10-6-13(18)15-14(7-10)21-4-5-22-15/h1-3,6-8H,4-5,9H2,(H2,19,20). The van der Waals surface area contributed by atoms with E-state index in [1.165, 1.54) is 0 Å². The fraction of sp³-hybridized carbons (Fsp3) is 0.188. The summed E-state index contributed by atoms with van der Waals surface area (Å²) >= 11 is 12.1. The van der Waals surface area contributed by atoms with Crippen molar-refractivity contribution in [3.63, 3.8) is 0 Å². The predicted octanol–water partition coefficient (Wildman–Crippen LogP) is 3.60. The number of oxime groups is 1. The van der Waals surface area contributed by atoms with Gasteiger partial charge in [0.25, 0.3) is 0 Å². The number of halogens is 2. The van der Waals surface area contributed by atoms with Crippen molar-refractivity contribution in [1.29, 1.82) is 0 Å². The van der Waals surface area contributed by atoms with Gasteiger partial charge in [0.2, 0.25) is 0 Å². The monoisotopic (exact) mass is 352 g/mol. The highest BCUT2D eigenvalue weighted by Gasteiger charge is 2.16. The highest BCUT2D eigenvalue weighted by molar-refractivity contribution is 6.32. The quantitative estimate of drug-likeness (QED) is 0.518. The molecule has 0 spiro atoms. The van der Waals surface area contributed by atoms with Crippen LogP contribution in [0.5, 0.6) is 11.5 Å². The van der Waals surface area contributed by atoms with Crippen LogP contribution in [-0.2, 0) is 11.4 Å². The Morgan fingerprint density at radius 3 is 2.83 bits per heavy atom. The highest BCUT2D eigenvalue weighted by Crippen LogP contribution is 2.38. The van der Waals surface area contributed by atoms with E-state index in [4.69, 9.17) is 43.2 Å². The summed E-state index contributed by atoms with van der Waals surface area (Å²) in [7, 11) is 0. The first-order chi connectivity index (χ1) is 11.1. The minimum atomic E-state index is 0.206. The van der Waals surface area contributed by atoms with Gasteiger partial charge in [0, 0.05) is 10.6 Å². The van der Waals surface area contributed by atoms with Crippen LogP contribution in [0, 0.1) is 0 Å². The van der Waals surface area contributed by atoms with Gasteiger partial charge in [0.1, 0.15) is 19.8 Å². The van der Waals surface area contributed by atoms with Crippen LogP contribution in [0.2, 0.25) is 10.0 Å². The van der Waals surface area contributed by atoms with E-state index in [1.807, 2.05) is 6.07 Å². The van der Waals surface area contributed by atoms with E-state index >= 15 is 0 Å². The van der Waals surface area contributed by atoms with E-state index in [2.05, 4.69) is 5.16 Å². The number of rotatable bonds is 4. The van der Waals surface area contributed by atoms with Crippen LogP contribution in [0.25, 0.3) is 0 Å². The van der Waals surface area contributed by atoms with Gasteiger partial charge >= 0.3 is 0 Å². The van der Waals surface area contributed by atoms with Crippen molar-refractivity contribution in [2.24, 2.45) is 10.9 Å². The van der Waals surface area contributed by atoms with Crippen molar-refractivity contribution in [3.05, 3.63) is 57.6 Å². The van der Waals surface area contributed by atoms with E-state index in [9.17, 15) is 0 Å². The molecule has 0 unspecified atom stereocenters. The molecule has 0 aromatic heterocycles. The van der Waals surface area contributed by atoms with Crippen LogP contribution in [-0.4, -0.2) is 19.0 Å². The van der Waals surface area contributed by atoms with Crippen molar-refractivity contribution >= 4 is 29.0 Å². The first-order valence-electron chi connectivity index (χ1n) is 6.93. The van der Waals surface area contributed by atoms with E-state index in [1.54, 1.807) is 30.3 Å². The molecule has 1 aliphatic rings. The molecule has 0 saturated heterocycles. The maximum atomic E-state index is 6.17. The molecule has 5 nitrogen and oxygen atoms in total. The molecule has 1 heterocycles. The minimum Gasteiger partial charge on any atom is -0.486 e. The van der Waals surface area contributed by atoms with E-state index in [-0.39, 0.29) is 12.4 Å². The SMILES string of the molecule is N/C(=N\OCc1cc(Cl)c2c(c1)OCCO2)c1cccc(Cl)c1. The number of amidine groups is 1. The fourth-order valence-electron chi connectivity index (χ4n) is 2.12. The number of hydrogen-bond donors (Lipinski definition) is 1. The van der Waals surface area contributed by atoms with Crippen molar-refractivity contribution < 1.29 is 14.3 Å². The molecular formula is C16H14Cl2N2O3. The van der Waals surface area contributed by atoms with Crippen LogP contribution in [0.4, 0.5) is 0 Å². The second-order valence-corrected chi connectivity index (χ2v) is 5.71. The fourth-order valence-corrected chi connectivity index (χ4v) is 2.60. The summed E-state index contributed by atoms with van der Waals surface area (Å²) in [6.07, 6.45) is 0. The molecule has 2 aromatic rings. The Balaban J connectivity index is 1.69. The highest BCUT2D eigenvalue weighted by atomic mass is 35.5. The molecule has 3 rings (SSSR count). The molecule has 0 aliphatic carbocycles. The third kappa shape index (κ3) is 3.81. The second kappa shape index (κ2) is 6.98. The number of nitrogens with two attached hydrogens (primary N) is 1. The second-order valence-electron chi connectivity index (χ2n) is 4.86. The third-order valence-electron chi connectivity index (χ3n) is 3.17. The number of benzene rings is 2. The summed E-state index contributed by atoms with van der Waals surface area (Å²) in [6.45, 7) is 1.19. The summed E-state index contributed by atoms with van der Waals surface area (Å²) in [5.41, 5.74) is 7.36. The molecule has 120 valence electrons. The van der Waals surface area contributed by atoms with Crippen molar-refractivity contribution in [2.75, 3.05) is 13.2 Å². The molecule has 0 amide bonds. The topological polar surface area (TPSA) is 66.1 Å². The van der Waals surface area contributed by atoms with Crippen LogP contribution < -0.4 is 15.2 Å². The molecule has 1 aliphatic heterocycles. The van der Waals surface area contributed by atoms with Gasteiger partial charge in [0.05, 0.1) is 5.02 Å². The Morgan fingerprint density at radius 1 is 1.17 bits per heavy atom. The molecule has 0 radical (unpaired) electrons. The van der Waals surface area contributed by atoms with Gasteiger partial charge in [-0.3, -0.25) is 0 Å². The average Bonchev–Trinajstić information content (AvgIpc) is 2.55.